The van der Waals surface area contributed by atoms with Crippen molar-refractivity contribution in [2.45, 2.75) is 37.8 Å². The molecule has 1 heterocycles. The van der Waals surface area contributed by atoms with E-state index in [-0.39, 0.29) is 6.10 Å². The highest BCUT2D eigenvalue weighted by Gasteiger charge is 2.17. The number of rotatable bonds is 3. The van der Waals surface area contributed by atoms with E-state index < -0.39 is 0 Å². The van der Waals surface area contributed by atoms with Crippen molar-refractivity contribution in [1.82, 2.24) is 10.6 Å². The van der Waals surface area contributed by atoms with Gasteiger partial charge in [-0.2, -0.15) is 0 Å². The van der Waals surface area contributed by atoms with Gasteiger partial charge in [-0.05, 0) is 25.1 Å². The maximum Gasteiger partial charge on any atom is 0.166 e. The summed E-state index contributed by atoms with van der Waals surface area (Å²) in [5, 5.41) is 7.29. The summed E-state index contributed by atoms with van der Waals surface area (Å²) < 4.78 is 10.8. The summed E-state index contributed by atoms with van der Waals surface area (Å²) >= 11 is 5.24. The first kappa shape index (κ1) is 12.1. The number of ether oxygens (including phenoxy) is 2. The lowest BCUT2D eigenvalue weighted by Crippen LogP contribution is -2.46. The fourth-order valence-corrected chi connectivity index (χ4v) is 2.42. The van der Waals surface area contributed by atoms with Gasteiger partial charge < -0.3 is 20.1 Å². The zero-order chi connectivity index (χ0) is 11.2. The molecule has 0 spiro atoms. The van der Waals surface area contributed by atoms with Crippen LogP contribution in [0.3, 0.4) is 0 Å². The Bertz CT molecular complexity index is 226. The Kier molecular flexibility index (Phi) is 4.81. The van der Waals surface area contributed by atoms with Crippen LogP contribution in [0.2, 0.25) is 0 Å². The van der Waals surface area contributed by atoms with Gasteiger partial charge in [0, 0.05) is 12.6 Å². The normalized spacial score (nSPS) is 26.6. The second-order valence-corrected chi connectivity index (χ2v) is 4.81. The third-order valence-electron chi connectivity index (χ3n) is 3.07. The minimum Gasteiger partial charge on any atom is -0.376 e. The molecule has 1 unspecified atom stereocenters. The molecule has 0 amide bonds. The molecular formula is C11H20N2O2S. The molecule has 1 saturated heterocycles. The second kappa shape index (κ2) is 6.37. The average Bonchev–Trinajstić information content (AvgIpc) is 2.81. The molecule has 2 N–H and O–H groups in total. The van der Waals surface area contributed by atoms with Crippen LogP contribution in [0.5, 0.6) is 0 Å². The third-order valence-corrected chi connectivity index (χ3v) is 3.33. The van der Waals surface area contributed by atoms with Gasteiger partial charge in [0.25, 0.3) is 0 Å². The Balaban J connectivity index is 1.59. The fraction of sp³-hybridized carbons (Fsp3) is 0.909. The highest BCUT2D eigenvalue weighted by molar-refractivity contribution is 7.80. The van der Waals surface area contributed by atoms with Gasteiger partial charge in [-0.25, -0.2) is 0 Å². The van der Waals surface area contributed by atoms with Crippen molar-refractivity contribution in [3.8, 4) is 0 Å². The highest BCUT2D eigenvalue weighted by atomic mass is 32.1. The maximum atomic E-state index is 5.52. The van der Waals surface area contributed by atoms with E-state index in [1.54, 1.807) is 0 Å². The molecule has 2 rings (SSSR count). The smallest absolute Gasteiger partial charge is 0.166 e. The first-order chi connectivity index (χ1) is 7.84. The summed E-state index contributed by atoms with van der Waals surface area (Å²) in [7, 11) is 0. The van der Waals surface area contributed by atoms with Crippen LogP contribution in [0, 0.1) is 0 Å². The monoisotopic (exact) mass is 244 g/mol. The summed E-state index contributed by atoms with van der Waals surface area (Å²) in [5.41, 5.74) is 0. The standard InChI is InChI=1S/C11H20N2O2S/c16-11(13-9-3-1-2-4-9)12-7-10-8-14-5-6-15-10/h9-10H,1-8H2,(H2,12,13,16). The second-order valence-electron chi connectivity index (χ2n) is 4.40. The maximum absolute atomic E-state index is 5.52. The van der Waals surface area contributed by atoms with Crippen LogP contribution < -0.4 is 10.6 Å². The SMILES string of the molecule is S=C(NCC1COCCO1)NC1CCCC1. The summed E-state index contributed by atoms with van der Waals surface area (Å²) in [6.07, 6.45) is 5.26. The quantitative estimate of drug-likeness (QED) is 0.719. The molecule has 16 heavy (non-hydrogen) atoms. The Labute approximate surface area is 102 Å². The van der Waals surface area contributed by atoms with Crippen LogP contribution in [0.25, 0.3) is 0 Å². The van der Waals surface area contributed by atoms with E-state index in [0.717, 1.165) is 11.7 Å². The van der Waals surface area contributed by atoms with E-state index in [9.17, 15) is 0 Å². The van der Waals surface area contributed by atoms with Crippen molar-refractivity contribution >= 4 is 17.3 Å². The van der Waals surface area contributed by atoms with E-state index >= 15 is 0 Å². The summed E-state index contributed by atoms with van der Waals surface area (Å²) in [5.74, 6) is 0. The van der Waals surface area contributed by atoms with Crippen molar-refractivity contribution < 1.29 is 9.47 Å². The first-order valence-corrected chi connectivity index (χ1v) is 6.49. The van der Waals surface area contributed by atoms with E-state index in [1.165, 1.54) is 25.7 Å². The lowest BCUT2D eigenvalue weighted by Gasteiger charge is -2.24. The molecule has 1 aliphatic carbocycles. The van der Waals surface area contributed by atoms with Crippen LogP contribution in [0.1, 0.15) is 25.7 Å². The van der Waals surface area contributed by atoms with Gasteiger partial charge in [0.05, 0.1) is 25.9 Å². The van der Waals surface area contributed by atoms with E-state index in [4.69, 9.17) is 21.7 Å². The average molecular weight is 244 g/mol. The Morgan fingerprint density at radius 2 is 2.06 bits per heavy atom. The van der Waals surface area contributed by atoms with Crippen LogP contribution in [-0.4, -0.2) is 43.6 Å². The number of thiocarbonyl (C=S) groups is 1. The minimum absolute atomic E-state index is 0.136. The molecule has 1 aliphatic heterocycles. The molecular weight excluding hydrogens is 224 g/mol. The van der Waals surface area contributed by atoms with Gasteiger partial charge >= 0.3 is 0 Å². The van der Waals surface area contributed by atoms with Gasteiger partial charge in [0.2, 0.25) is 0 Å². The van der Waals surface area contributed by atoms with E-state index in [2.05, 4.69) is 10.6 Å². The molecule has 0 bridgehead atoms. The molecule has 0 aromatic rings. The predicted octanol–water partition coefficient (Wildman–Crippen LogP) is 0.808. The van der Waals surface area contributed by atoms with Crippen LogP contribution in [-0.2, 0) is 9.47 Å². The lowest BCUT2D eigenvalue weighted by molar-refractivity contribution is -0.0850. The third kappa shape index (κ3) is 3.88. The molecule has 2 aliphatic rings. The van der Waals surface area contributed by atoms with Crippen molar-refractivity contribution in [3.63, 3.8) is 0 Å². The number of nitrogens with one attached hydrogen (secondary N) is 2. The summed E-state index contributed by atoms with van der Waals surface area (Å²) in [4.78, 5) is 0. The summed E-state index contributed by atoms with van der Waals surface area (Å²) in [6.45, 7) is 2.80. The van der Waals surface area contributed by atoms with Crippen LogP contribution in [0.15, 0.2) is 0 Å². The van der Waals surface area contributed by atoms with Crippen molar-refractivity contribution in [2.24, 2.45) is 0 Å². The molecule has 4 nitrogen and oxygen atoms in total. The minimum atomic E-state index is 0.136. The van der Waals surface area contributed by atoms with Gasteiger partial charge in [-0.15, -0.1) is 0 Å². The molecule has 1 saturated carbocycles. The zero-order valence-electron chi connectivity index (χ0n) is 9.54. The van der Waals surface area contributed by atoms with Gasteiger partial charge in [-0.3, -0.25) is 0 Å². The van der Waals surface area contributed by atoms with Gasteiger partial charge in [0.15, 0.2) is 5.11 Å². The molecule has 5 heteroatoms. The lowest BCUT2D eigenvalue weighted by atomic mass is 10.2. The van der Waals surface area contributed by atoms with Crippen molar-refractivity contribution in [3.05, 3.63) is 0 Å². The van der Waals surface area contributed by atoms with E-state index in [0.29, 0.717) is 25.9 Å². The topological polar surface area (TPSA) is 42.5 Å². The number of hydrogen-bond acceptors (Lipinski definition) is 3. The summed E-state index contributed by atoms with van der Waals surface area (Å²) in [6, 6.07) is 0.573. The molecule has 0 aromatic heterocycles. The Morgan fingerprint density at radius 1 is 1.25 bits per heavy atom. The zero-order valence-corrected chi connectivity index (χ0v) is 10.4. The van der Waals surface area contributed by atoms with Crippen LogP contribution >= 0.6 is 12.2 Å². The Hall–Kier alpha value is -0.390. The van der Waals surface area contributed by atoms with E-state index in [1.807, 2.05) is 0 Å². The number of hydrogen-bond donors (Lipinski definition) is 2. The molecule has 0 aromatic carbocycles. The fourth-order valence-electron chi connectivity index (χ4n) is 2.17. The molecule has 92 valence electrons. The largest absolute Gasteiger partial charge is 0.376 e. The molecule has 0 radical (unpaired) electrons. The first-order valence-electron chi connectivity index (χ1n) is 6.08. The van der Waals surface area contributed by atoms with Crippen molar-refractivity contribution in [2.75, 3.05) is 26.4 Å². The highest BCUT2D eigenvalue weighted by Crippen LogP contribution is 2.17. The van der Waals surface area contributed by atoms with Crippen LogP contribution in [0.4, 0.5) is 0 Å². The molecule has 1 atom stereocenters. The van der Waals surface area contributed by atoms with Gasteiger partial charge in [-0.1, -0.05) is 12.8 Å². The van der Waals surface area contributed by atoms with Crippen molar-refractivity contribution in [1.29, 1.82) is 0 Å². The predicted molar refractivity (Wildman–Crippen MR) is 66.6 cm³/mol. The van der Waals surface area contributed by atoms with Gasteiger partial charge in [0.1, 0.15) is 0 Å². The molecule has 2 fully saturated rings. The Morgan fingerprint density at radius 3 is 2.75 bits per heavy atom.